The van der Waals surface area contributed by atoms with E-state index in [9.17, 15) is 17.6 Å². The molecule has 0 spiro atoms. The van der Waals surface area contributed by atoms with Gasteiger partial charge in [0.2, 0.25) is 0 Å². The molecule has 3 aromatic rings. The smallest absolute Gasteiger partial charge is 0.261 e. The molecule has 0 aromatic heterocycles. The molecule has 0 heterocycles. The number of rotatable bonds is 7. The second-order valence-corrected chi connectivity index (χ2v) is 8.18. The van der Waals surface area contributed by atoms with Gasteiger partial charge in [-0.2, -0.15) is 0 Å². The third-order valence-corrected chi connectivity index (χ3v) is 5.66. The molecule has 0 aliphatic heterocycles. The lowest BCUT2D eigenvalue weighted by Crippen LogP contribution is -2.17. The first kappa shape index (κ1) is 21.3. The molecule has 0 unspecified atom stereocenters. The Bertz CT molecular complexity index is 1140. The Hall–Kier alpha value is -3.39. The van der Waals surface area contributed by atoms with Gasteiger partial charge in [-0.15, -0.1) is 0 Å². The molecule has 3 aromatic carbocycles. The molecule has 3 rings (SSSR count). The van der Waals surface area contributed by atoms with E-state index in [0.717, 1.165) is 12.1 Å². The zero-order valence-corrected chi connectivity index (χ0v) is 17.3. The fraction of sp³-hybridized carbons (Fsp3) is 0.136. The van der Waals surface area contributed by atoms with Crippen LogP contribution >= 0.6 is 0 Å². The molecule has 0 saturated heterocycles. The zero-order valence-electron chi connectivity index (χ0n) is 16.5. The van der Waals surface area contributed by atoms with Gasteiger partial charge < -0.3 is 10.1 Å². The van der Waals surface area contributed by atoms with E-state index in [1.54, 1.807) is 37.3 Å². The number of halogens is 1. The van der Waals surface area contributed by atoms with Crippen molar-refractivity contribution in [3.8, 4) is 5.75 Å². The standard InChI is InChI=1S/C22H21FN2O4S/c1-3-29-19-11-9-17(10-12-19)24-22(26)21-14-20(13-4-15(21)2)30(27,28)25-18-7-5-16(23)6-8-18/h4-14,25H,3H2,1-2H3,(H,24,26). The molecule has 0 saturated carbocycles. The molecule has 30 heavy (non-hydrogen) atoms. The summed E-state index contributed by atoms with van der Waals surface area (Å²) >= 11 is 0. The van der Waals surface area contributed by atoms with Crippen molar-refractivity contribution >= 4 is 27.3 Å². The number of carbonyl (C=O) groups excluding carboxylic acids is 1. The van der Waals surface area contributed by atoms with Crippen molar-refractivity contribution in [3.63, 3.8) is 0 Å². The topological polar surface area (TPSA) is 84.5 Å². The van der Waals surface area contributed by atoms with Crippen molar-refractivity contribution in [2.24, 2.45) is 0 Å². The van der Waals surface area contributed by atoms with Crippen molar-refractivity contribution in [2.45, 2.75) is 18.7 Å². The van der Waals surface area contributed by atoms with Crippen molar-refractivity contribution in [3.05, 3.63) is 83.7 Å². The van der Waals surface area contributed by atoms with E-state index >= 15 is 0 Å². The number of ether oxygens (including phenoxy) is 1. The molecule has 0 aliphatic rings. The molecule has 1 amide bonds. The lowest BCUT2D eigenvalue weighted by molar-refractivity contribution is 0.102. The molecule has 8 heteroatoms. The quantitative estimate of drug-likeness (QED) is 0.577. The number of aryl methyl sites for hydroxylation is 1. The fourth-order valence-corrected chi connectivity index (χ4v) is 3.83. The summed E-state index contributed by atoms with van der Waals surface area (Å²) in [6.45, 7) is 4.14. The lowest BCUT2D eigenvalue weighted by atomic mass is 10.1. The predicted molar refractivity (Wildman–Crippen MR) is 114 cm³/mol. The number of amides is 1. The van der Waals surface area contributed by atoms with Gasteiger partial charge in [-0.3, -0.25) is 9.52 Å². The highest BCUT2D eigenvalue weighted by molar-refractivity contribution is 7.92. The number of hydrogen-bond acceptors (Lipinski definition) is 4. The monoisotopic (exact) mass is 428 g/mol. The number of sulfonamides is 1. The minimum absolute atomic E-state index is 0.0748. The van der Waals surface area contributed by atoms with Crippen molar-refractivity contribution in [1.29, 1.82) is 0 Å². The van der Waals surface area contributed by atoms with Crippen LogP contribution in [0, 0.1) is 12.7 Å². The van der Waals surface area contributed by atoms with Crippen LogP contribution in [0.5, 0.6) is 5.75 Å². The van der Waals surface area contributed by atoms with Gasteiger partial charge >= 0.3 is 0 Å². The predicted octanol–water partition coefficient (Wildman–Crippen LogP) is 4.59. The minimum Gasteiger partial charge on any atom is -0.494 e. The maximum Gasteiger partial charge on any atom is 0.261 e. The number of anilines is 2. The number of carbonyl (C=O) groups is 1. The largest absolute Gasteiger partial charge is 0.494 e. The van der Waals surface area contributed by atoms with Crippen LogP contribution in [0.2, 0.25) is 0 Å². The Morgan fingerprint density at radius 1 is 0.967 bits per heavy atom. The molecule has 6 nitrogen and oxygen atoms in total. The highest BCUT2D eigenvalue weighted by Gasteiger charge is 2.18. The van der Waals surface area contributed by atoms with Crippen molar-refractivity contribution in [1.82, 2.24) is 0 Å². The maximum absolute atomic E-state index is 13.0. The number of nitrogens with one attached hydrogen (secondary N) is 2. The Morgan fingerprint density at radius 3 is 2.23 bits per heavy atom. The highest BCUT2D eigenvalue weighted by atomic mass is 32.2. The average molecular weight is 428 g/mol. The summed E-state index contributed by atoms with van der Waals surface area (Å²) in [6.07, 6.45) is 0. The Kier molecular flexibility index (Phi) is 6.37. The summed E-state index contributed by atoms with van der Waals surface area (Å²) in [6, 6.07) is 16.1. The van der Waals surface area contributed by atoms with Gasteiger partial charge in [-0.05, 0) is 80.1 Å². The van der Waals surface area contributed by atoms with Gasteiger partial charge in [-0.1, -0.05) is 6.07 Å². The molecule has 0 radical (unpaired) electrons. The first-order chi connectivity index (χ1) is 14.3. The van der Waals surface area contributed by atoms with E-state index in [1.807, 2.05) is 6.92 Å². The van der Waals surface area contributed by atoms with E-state index in [4.69, 9.17) is 4.74 Å². The third kappa shape index (κ3) is 5.15. The minimum atomic E-state index is -3.95. The summed E-state index contributed by atoms with van der Waals surface area (Å²) in [4.78, 5) is 12.6. The van der Waals surface area contributed by atoms with E-state index in [1.165, 1.54) is 24.3 Å². The van der Waals surface area contributed by atoms with Crippen LogP contribution in [0.3, 0.4) is 0 Å². The van der Waals surface area contributed by atoms with E-state index < -0.39 is 21.7 Å². The molecule has 156 valence electrons. The van der Waals surface area contributed by atoms with Crippen LogP contribution in [-0.4, -0.2) is 20.9 Å². The molecule has 0 fully saturated rings. The van der Waals surface area contributed by atoms with Crippen molar-refractivity contribution in [2.75, 3.05) is 16.6 Å². The Labute approximate surface area is 174 Å². The van der Waals surface area contributed by atoms with Crippen LogP contribution in [0.4, 0.5) is 15.8 Å². The summed E-state index contributed by atoms with van der Waals surface area (Å²) < 4.78 is 46.1. The molecule has 0 bridgehead atoms. The average Bonchev–Trinajstić information content (AvgIpc) is 2.71. The van der Waals surface area contributed by atoms with E-state index in [0.29, 0.717) is 23.6 Å². The summed E-state index contributed by atoms with van der Waals surface area (Å²) in [5.41, 5.74) is 1.63. The molecule has 0 atom stereocenters. The summed E-state index contributed by atoms with van der Waals surface area (Å²) in [5.74, 6) is -0.219. The van der Waals surface area contributed by atoms with Gasteiger partial charge in [-0.25, -0.2) is 12.8 Å². The number of hydrogen-bond donors (Lipinski definition) is 2. The molecule has 2 N–H and O–H groups in total. The van der Waals surface area contributed by atoms with Crippen LogP contribution in [0.1, 0.15) is 22.8 Å². The Morgan fingerprint density at radius 2 is 1.60 bits per heavy atom. The van der Waals surface area contributed by atoms with E-state index in [2.05, 4.69) is 10.0 Å². The molecule has 0 aliphatic carbocycles. The highest BCUT2D eigenvalue weighted by Crippen LogP contribution is 2.21. The van der Waals surface area contributed by atoms with Crippen LogP contribution < -0.4 is 14.8 Å². The summed E-state index contributed by atoms with van der Waals surface area (Å²) in [7, 11) is -3.95. The molecular weight excluding hydrogens is 407 g/mol. The third-order valence-electron chi connectivity index (χ3n) is 4.28. The van der Waals surface area contributed by atoms with Gasteiger partial charge in [0.15, 0.2) is 0 Å². The second kappa shape index (κ2) is 8.96. The maximum atomic E-state index is 13.0. The first-order valence-electron chi connectivity index (χ1n) is 9.22. The number of benzene rings is 3. The van der Waals surface area contributed by atoms with Crippen LogP contribution in [-0.2, 0) is 10.0 Å². The lowest BCUT2D eigenvalue weighted by Gasteiger charge is -2.12. The van der Waals surface area contributed by atoms with Crippen LogP contribution in [0.15, 0.2) is 71.6 Å². The SMILES string of the molecule is CCOc1ccc(NC(=O)c2cc(S(=O)(=O)Nc3ccc(F)cc3)ccc2C)cc1. The normalized spacial score (nSPS) is 11.0. The van der Waals surface area contributed by atoms with Gasteiger partial charge in [0.05, 0.1) is 11.5 Å². The Balaban J connectivity index is 1.81. The van der Waals surface area contributed by atoms with Gasteiger partial charge in [0.1, 0.15) is 11.6 Å². The first-order valence-corrected chi connectivity index (χ1v) is 10.7. The van der Waals surface area contributed by atoms with E-state index in [-0.39, 0.29) is 16.1 Å². The summed E-state index contributed by atoms with van der Waals surface area (Å²) in [5, 5.41) is 2.75. The second-order valence-electron chi connectivity index (χ2n) is 6.50. The van der Waals surface area contributed by atoms with Gasteiger partial charge in [0.25, 0.3) is 15.9 Å². The van der Waals surface area contributed by atoms with Crippen LogP contribution in [0.25, 0.3) is 0 Å². The molecular formula is C22H21FN2O4S. The fourth-order valence-electron chi connectivity index (χ4n) is 2.74. The van der Waals surface area contributed by atoms with Crippen molar-refractivity contribution < 1.29 is 22.3 Å². The van der Waals surface area contributed by atoms with Gasteiger partial charge in [0, 0.05) is 16.9 Å². The zero-order chi connectivity index (χ0) is 21.7.